The summed E-state index contributed by atoms with van der Waals surface area (Å²) in [6, 6.07) is 9.76. The maximum Gasteiger partial charge on any atom is 0.269 e. The van der Waals surface area contributed by atoms with E-state index in [0.717, 1.165) is 24.5 Å². The Labute approximate surface area is 150 Å². The molecule has 4 heterocycles. The first kappa shape index (κ1) is 15.9. The molecule has 0 aliphatic carbocycles. The minimum absolute atomic E-state index is 0.128. The van der Waals surface area contributed by atoms with E-state index >= 15 is 0 Å². The molecule has 0 saturated carbocycles. The van der Waals surface area contributed by atoms with Gasteiger partial charge >= 0.3 is 0 Å². The third kappa shape index (κ3) is 3.44. The molecule has 0 spiro atoms. The Hall–Kier alpha value is -2.60. The van der Waals surface area contributed by atoms with Crippen molar-refractivity contribution in [1.29, 1.82) is 0 Å². The predicted molar refractivity (Wildman–Crippen MR) is 102 cm³/mol. The molecule has 0 radical (unpaired) electrons. The summed E-state index contributed by atoms with van der Waals surface area (Å²) in [4.78, 5) is 20.1. The van der Waals surface area contributed by atoms with Crippen molar-refractivity contribution in [2.45, 2.75) is 19.3 Å². The number of rotatable bonds is 4. The van der Waals surface area contributed by atoms with Crippen LogP contribution in [-0.2, 0) is 0 Å². The third-order valence-electron chi connectivity index (χ3n) is 4.44. The summed E-state index contributed by atoms with van der Waals surface area (Å²) >= 11 is 1.43. The van der Waals surface area contributed by atoms with Gasteiger partial charge in [0.05, 0.1) is 17.6 Å². The summed E-state index contributed by atoms with van der Waals surface area (Å²) in [5.41, 5.74) is 2.01. The van der Waals surface area contributed by atoms with Crippen LogP contribution < -0.4 is 10.2 Å². The smallest absolute Gasteiger partial charge is 0.269 e. The molecule has 1 N–H and O–H groups in total. The van der Waals surface area contributed by atoms with Crippen LogP contribution in [0.2, 0.25) is 0 Å². The molecule has 1 saturated heterocycles. The van der Waals surface area contributed by atoms with Crippen molar-refractivity contribution in [2.24, 2.45) is 0 Å². The Bertz CT molecular complexity index is 833. The van der Waals surface area contributed by atoms with Crippen LogP contribution in [0.5, 0.6) is 0 Å². The summed E-state index contributed by atoms with van der Waals surface area (Å²) in [5, 5.41) is 4.83. The van der Waals surface area contributed by atoms with Gasteiger partial charge in [0.15, 0.2) is 0 Å². The molecule has 1 aliphatic rings. The minimum atomic E-state index is -0.128. The normalized spacial score (nSPS) is 14.5. The Morgan fingerprint density at radius 3 is 2.60 bits per heavy atom. The number of carbonyl (C=O) groups excluding carboxylic acids is 1. The fraction of sp³-hybridized carbons (Fsp3) is 0.263. The zero-order valence-corrected chi connectivity index (χ0v) is 14.7. The molecular formula is C19H20N4OS. The second-order valence-corrected chi connectivity index (χ2v) is 7.04. The van der Waals surface area contributed by atoms with Crippen LogP contribution in [0.3, 0.4) is 0 Å². The van der Waals surface area contributed by atoms with Crippen molar-refractivity contribution in [2.75, 3.05) is 23.3 Å². The van der Waals surface area contributed by atoms with Crippen molar-refractivity contribution < 1.29 is 4.79 Å². The second-order valence-electron chi connectivity index (χ2n) is 6.13. The van der Waals surface area contributed by atoms with E-state index in [1.807, 2.05) is 58.9 Å². The lowest BCUT2D eigenvalue weighted by Crippen LogP contribution is -2.29. The number of aromatic nitrogens is 2. The highest BCUT2D eigenvalue weighted by Crippen LogP contribution is 2.23. The molecule has 128 valence electrons. The summed E-state index contributed by atoms with van der Waals surface area (Å²) in [6.45, 7) is 2.17. The van der Waals surface area contributed by atoms with Gasteiger partial charge in [-0.1, -0.05) is 0 Å². The first-order valence-electron chi connectivity index (χ1n) is 8.54. The minimum Gasteiger partial charge on any atom is -0.370 e. The fourth-order valence-corrected chi connectivity index (χ4v) is 3.93. The number of anilines is 2. The first-order valence-corrected chi connectivity index (χ1v) is 9.42. The van der Waals surface area contributed by atoms with Crippen molar-refractivity contribution >= 4 is 28.7 Å². The molecule has 1 amide bonds. The topological polar surface area (TPSA) is 50.2 Å². The Morgan fingerprint density at radius 1 is 1.08 bits per heavy atom. The molecule has 5 nitrogen and oxygen atoms in total. The number of hydrogen-bond donors (Lipinski definition) is 1. The van der Waals surface area contributed by atoms with Crippen LogP contribution in [0.1, 0.15) is 28.9 Å². The molecule has 1 aliphatic heterocycles. The lowest BCUT2D eigenvalue weighted by molar-refractivity contribution is 0.103. The van der Waals surface area contributed by atoms with Gasteiger partial charge in [0.1, 0.15) is 10.7 Å². The molecule has 6 heteroatoms. The van der Waals surface area contributed by atoms with Crippen molar-refractivity contribution in [3.63, 3.8) is 0 Å². The van der Waals surface area contributed by atoms with E-state index in [1.54, 1.807) is 0 Å². The monoisotopic (exact) mass is 352 g/mol. The number of pyridine rings is 1. The highest BCUT2D eigenvalue weighted by Gasteiger charge is 2.16. The Kier molecular flexibility index (Phi) is 4.52. The van der Waals surface area contributed by atoms with Gasteiger partial charge in [-0.3, -0.25) is 4.79 Å². The van der Waals surface area contributed by atoms with Gasteiger partial charge in [0.25, 0.3) is 5.91 Å². The van der Waals surface area contributed by atoms with Crippen LogP contribution in [-0.4, -0.2) is 28.5 Å². The fourth-order valence-electron chi connectivity index (χ4n) is 3.14. The van der Waals surface area contributed by atoms with E-state index in [9.17, 15) is 4.79 Å². The number of thiophene rings is 1. The second kappa shape index (κ2) is 7.11. The zero-order chi connectivity index (χ0) is 17.1. The van der Waals surface area contributed by atoms with Gasteiger partial charge in [-0.15, -0.1) is 11.3 Å². The summed E-state index contributed by atoms with van der Waals surface area (Å²) in [6.07, 6.45) is 9.50. The first-order chi connectivity index (χ1) is 12.3. The maximum atomic E-state index is 12.6. The van der Waals surface area contributed by atoms with Crippen LogP contribution in [0.4, 0.5) is 11.5 Å². The lowest BCUT2D eigenvalue weighted by Gasteiger charge is -2.28. The third-order valence-corrected chi connectivity index (χ3v) is 5.35. The van der Waals surface area contributed by atoms with Crippen LogP contribution in [0.15, 0.2) is 54.3 Å². The molecule has 0 bridgehead atoms. The standard InChI is InChI=1S/C19H20N4OS/c24-19(18-16(8-13-25-18)23-11-4-5-12-23)21-17-7-6-15(14-20-17)22-9-2-1-3-10-22/h4-8,11-14H,1-3,9-10H2,(H,20,21,24). The number of piperidine rings is 1. The largest absolute Gasteiger partial charge is 0.370 e. The van der Waals surface area contributed by atoms with Gasteiger partial charge in [0.2, 0.25) is 0 Å². The SMILES string of the molecule is O=C(Nc1ccc(N2CCCCC2)cn1)c1sccc1-n1cccc1. The van der Waals surface area contributed by atoms with E-state index in [2.05, 4.69) is 15.2 Å². The summed E-state index contributed by atoms with van der Waals surface area (Å²) in [7, 11) is 0. The Balaban J connectivity index is 1.47. The molecule has 0 unspecified atom stereocenters. The lowest BCUT2D eigenvalue weighted by atomic mass is 10.1. The van der Waals surface area contributed by atoms with Crippen LogP contribution in [0.25, 0.3) is 5.69 Å². The van der Waals surface area contributed by atoms with Crippen LogP contribution in [0, 0.1) is 0 Å². The average molecular weight is 352 g/mol. The number of amides is 1. The predicted octanol–water partition coefficient (Wildman–Crippen LogP) is 4.18. The highest BCUT2D eigenvalue weighted by molar-refractivity contribution is 7.12. The van der Waals surface area contributed by atoms with Gasteiger partial charge in [-0.2, -0.15) is 0 Å². The van der Waals surface area contributed by atoms with Crippen LogP contribution >= 0.6 is 11.3 Å². The molecule has 1 fully saturated rings. The molecule has 0 aromatic carbocycles. The van der Waals surface area contributed by atoms with E-state index < -0.39 is 0 Å². The highest BCUT2D eigenvalue weighted by atomic mass is 32.1. The van der Waals surface area contributed by atoms with Crippen molar-refractivity contribution in [1.82, 2.24) is 9.55 Å². The molecule has 3 aromatic heterocycles. The van der Waals surface area contributed by atoms with Crippen molar-refractivity contribution in [3.8, 4) is 5.69 Å². The van der Waals surface area contributed by atoms with E-state index in [-0.39, 0.29) is 5.91 Å². The van der Waals surface area contributed by atoms with Gasteiger partial charge in [-0.25, -0.2) is 4.98 Å². The van der Waals surface area contributed by atoms with E-state index in [1.165, 1.54) is 30.6 Å². The molecule has 0 atom stereocenters. The van der Waals surface area contributed by atoms with E-state index in [4.69, 9.17) is 0 Å². The van der Waals surface area contributed by atoms with Crippen molar-refractivity contribution in [3.05, 3.63) is 59.2 Å². The quantitative estimate of drug-likeness (QED) is 0.766. The molecule has 4 rings (SSSR count). The van der Waals surface area contributed by atoms with E-state index in [0.29, 0.717) is 10.7 Å². The number of hydrogen-bond acceptors (Lipinski definition) is 4. The summed E-state index contributed by atoms with van der Waals surface area (Å²) in [5.74, 6) is 0.453. The van der Waals surface area contributed by atoms with Gasteiger partial charge < -0.3 is 14.8 Å². The molecular weight excluding hydrogens is 332 g/mol. The van der Waals surface area contributed by atoms with Gasteiger partial charge in [0, 0.05) is 25.5 Å². The number of nitrogens with one attached hydrogen (secondary N) is 1. The maximum absolute atomic E-state index is 12.6. The molecule has 3 aromatic rings. The summed E-state index contributed by atoms with van der Waals surface area (Å²) < 4.78 is 1.94. The Morgan fingerprint density at radius 2 is 1.88 bits per heavy atom. The van der Waals surface area contributed by atoms with Gasteiger partial charge in [-0.05, 0) is 55.0 Å². The molecule has 25 heavy (non-hydrogen) atoms. The average Bonchev–Trinajstić information content (AvgIpc) is 3.34. The number of carbonyl (C=O) groups is 1. The zero-order valence-electron chi connectivity index (χ0n) is 13.9. The number of nitrogens with zero attached hydrogens (tertiary/aromatic N) is 3.